The predicted octanol–water partition coefficient (Wildman–Crippen LogP) is 2.24. The van der Waals surface area contributed by atoms with Gasteiger partial charge in [0.1, 0.15) is 5.82 Å². The molecule has 4 nitrogen and oxygen atoms in total. The zero-order valence-corrected chi connectivity index (χ0v) is 10.6. The Bertz CT molecular complexity index is 539. The molecule has 86 valence electrons. The number of nitrogens with zero attached hydrogens (tertiary/aromatic N) is 1. The molecule has 0 bridgehead atoms. The lowest BCUT2D eigenvalue weighted by Crippen LogP contribution is -2.24. The van der Waals surface area contributed by atoms with E-state index in [9.17, 15) is 12.8 Å². The molecule has 1 unspecified atom stereocenters. The molecule has 0 saturated heterocycles. The van der Waals surface area contributed by atoms with Crippen molar-refractivity contribution in [1.29, 1.82) is 5.26 Å². The van der Waals surface area contributed by atoms with Crippen molar-refractivity contribution < 1.29 is 12.8 Å². The number of sulfonamides is 1. The van der Waals surface area contributed by atoms with E-state index in [1.54, 1.807) is 6.07 Å². The van der Waals surface area contributed by atoms with Gasteiger partial charge in [-0.2, -0.15) is 5.26 Å². The van der Waals surface area contributed by atoms with Crippen molar-refractivity contribution in [3.63, 3.8) is 0 Å². The lowest BCUT2D eigenvalue weighted by molar-refractivity contribution is 0.597. The second kappa shape index (κ2) is 4.80. The number of halogens is 2. The molecule has 0 aliphatic rings. The molecule has 16 heavy (non-hydrogen) atoms. The van der Waals surface area contributed by atoms with Crippen LogP contribution in [-0.2, 0) is 10.0 Å². The van der Waals surface area contributed by atoms with Gasteiger partial charge in [-0.1, -0.05) is 0 Å². The van der Waals surface area contributed by atoms with Gasteiger partial charge in [0, 0.05) is 4.47 Å². The first-order chi connectivity index (χ1) is 7.36. The fraction of sp³-hybridized carbons (Fsp3) is 0.222. The lowest BCUT2D eigenvalue weighted by Gasteiger charge is -2.10. The summed E-state index contributed by atoms with van der Waals surface area (Å²) in [5, 5.41) is 7.34. The number of benzene rings is 1. The Hall–Kier alpha value is -1.13. The van der Waals surface area contributed by atoms with Gasteiger partial charge in [0.15, 0.2) is 5.25 Å². The first-order valence-corrected chi connectivity index (χ1v) is 6.57. The molecule has 0 fully saturated rings. The van der Waals surface area contributed by atoms with E-state index < -0.39 is 21.1 Å². The van der Waals surface area contributed by atoms with Crippen LogP contribution >= 0.6 is 15.9 Å². The molecular formula is C9H8BrFN2O2S. The molecule has 0 aliphatic heterocycles. The van der Waals surface area contributed by atoms with Crippen molar-refractivity contribution in [3.05, 3.63) is 28.5 Å². The van der Waals surface area contributed by atoms with Gasteiger partial charge in [-0.05, 0) is 41.1 Å². The molecule has 1 aromatic carbocycles. The van der Waals surface area contributed by atoms with Crippen molar-refractivity contribution in [2.75, 3.05) is 4.72 Å². The van der Waals surface area contributed by atoms with Crippen molar-refractivity contribution >= 4 is 31.6 Å². The maximum atomic E-state index is 12.7. The van der Waals surface area contributed by atoms with E-state index >= 15 is 0 Å². The average Bonchev–Trinajstić information content (AvgIpc) is 2.21. The molecular weight excluding hydrogens is 299 g/mol. The van der Waals surface area contributed by atoms with Crippen molar-refractivity contribution in [2.45, 2.75) is 12.2 Å². The zero-order valence-electron chi connectivity index (χ0n) is 8.24. The first-order valence-electron chi connectivity index (χ1n) is 4.23. The van der Waals surface area contributed by atoms with Crippen LogP contribution in [0.1, 0.15) is 6.92 Å². The highest BCUT2D eigenvalue weighted by Gasteiger charge is 2.20. The van der Waals surface area contributed by atoms with Crippen LogP contribution in [0.25, 0.3) is 0 Å². The zero-order chi connectivity index (χ0) is 12.3. The molecule has 0 radical (unpaired) electrons. The fourth-order valence-corrected chi connectivity index (χ4v) is 2.26. The van der Waals surface area contributed by atoms with Gasteiger partial charge in [-0.3, -0.25) is 4.72 Å². The summed E-state index contributed by atoms with van der Waals surface area (Å²) in [7, 11) is -3.76. The van der Waals surface area contributed by atoms with Gasteiger partial charge < -0.3 is 0 Å². The summed E-state index contributed by atoms with van der Waals surface area (Å²) in [5.74, 6) is -0.483. The molecule has 7 heteroatoms. The molecule has 0 spiro atoms. The van der Waals surface area contributed by atoms with Crippen LogP contribution in [0, 0.1) is 17.1 Å². The van der Waals surface area contributed by atoms with Crippen LogP contribution in [0.2, 0.25) is 0 Å². The SMILES string of the molecule is CC(C#N)S(=O)(=O)Nc1ccc(F)cc1Br. The van der Waals surface area contributed by atoms with E-state index in [4.69, 9.17) is 5.26 Å². The normalized spacial score (nSPS) is 12.9. The highest BCUT2D eigenvalue weighted by atomic mass is 79.9. The van der Waals surface area contributed by atoms with Crippen molar-refractivity contribution in [3.8, 4) is 6.07 Å². The number of hydrogen-bond donors (Lipinski definition) is 1. The Labute approximate surface area is 101 Å². The van der Waals surface area contributed by atoms with E-state index in [2.05, 4.69) is 20.7 Å². The van der Waals surface area contributed by atoms with Crippen molar-refractivity contribution in [1.82, 2.24) is 0 Å². The van der Waals surface area contributed by atoms with Gasteiger partial charge in [0.2, 0.25) is 10.0 Å². The summed E-state index contributed by atoms with van der Waals surface area (Å²) >= 11 is 3.02. The minimum Gasteiger partial charge on any atom is -0.281 e. The standard InChI is InChI=1S/C9H8BrFN2O2S/c1-6(5-12)16(14,15)13-9-3-2-7(11)4-8(9)10/h2-4,6,13H,1H3. The summed E-state index contributed by atoms with van der Waals surface area (Å²) in [4.78, 5) is 0. The molecule has 0 aromatic heterocycles. The van der Waals surface area contributed by atoms with Gasteiger partial charge in [-0.25, -0.2) is 12.8 Å². The molecule has 0 aliphatic carbocycles. The molecule has 0 heterocycles. The maximum Gasteiger partial charge on any atom is 0.248 e. The number of rotatable bonds is 3. The first kappa shape index (κ1) is 12.9. The summed E-state index contributed by atoms with van der Waals surface area (Å²) < 4.78 is 38.3. The summed E-state index contributed by atoms with van der Waals surface area (Å²) in [5.41, 5.74) is 0.198. The molecule has 0 amide bonds. The van der Waals surface area contributed by atoms with Crippen LogP contribution in [0.3, 0.4) is 0 Å². The van der Waals surface area contributed by atoms with Gasteiger partial charge in [-0.15, -0.1) is 0 Å². The molecule has 1 rings (SSSR count). The molecule has 1 N–H and O–H groups in total. The fourth-order valence-electron chi connectivity index (χ4n) is 0.883. The van der Waals surface area contributed by atoms with E-state index in [-0.39, 0.29) is 10.2 Å². The van der Waals surface area contributed by atoms with Crippen LogP contribution < -0.4 is 4.72 Å². The Balaban J connectivity index is 3.03. The lowest BCUT2D eigenvalue weighted by atomic mass is 10.3. The van der Waals surface area contributed by atoms with E-state index in [0.29, 0.717) is 0 Å². The Morgan fingerprint density at radius 2 is 2.19 bits per heavy atom. The van der Waals surface area contributed by atoms with E-state index in [1.807, 2.05) is 0 Å². The summed E-state index contributed by atoms with van der Waals surface area (Å²) in [6, 6.07) is 5.15. The predicted molar refractivity (Wildman–Crippen MR) is 61.7 cm³/mol. The van der Waals surface area contributed by atoms with Crippen LogP contribution in [0.15, 0.2) is 22.7 Å². The Morgan fingerprint density at radius 3 is 2.69 bits per heavy atom. The molecule has 0 saturated carbocycles. The largest absolute Gasteiger partial charge is 0.281 e. The minimum absolute atomic E-state index is 0.198. The van der Waals surface area contributed by atoms with Crippen LogP contribution in [0.5, 0.6) is 0 Å². The number of nitrogens with one attached hydrogen (secondary N) is 1. The third-order valence-corrected chi connectivity index (χ3v) is 4.03. The smallest absolute Gasteiger partial charge is 0.248 e. The topological polar surface area (TPSA) is 70.0 Å². The highest BCUT2D eigenvalue weighted by Crippen LogP contribution is 2.24. The molecule has 1 atom stereocenters. The van der Waals surface area contributed by atoms with E-state index in [1.165, 1.54) is 13.0 Å². The monoisotopic (exact) mass is 306 g/mol. The second-order valence-electron chi connectivity index (χ2n) is 3.04. The Morgan fingerprint density at radius 1 is 1.56 bits per heavy atom. The van der Waals surface area contributed by atoms with E-state index in [0.717, 1.165) is 12.1 Å². The van der Waals surface area contributed by atoms with Gasteiger partial charge in [0.05, 0.1) is 11.8 Å². The number of nitriles is 1. The number of anilines is 1. The second-order valence-corrected chi connectivity index (χ2v) is 5.90. The maximum absolute atomic E-state index is 12.7. The summed E-state index contributed by atoms with van der Waals surface area (Å²) in [6.07, 6.45) is 0. The average molecular weight is 307 g/mol. The van der Waals surface area contributed by atoms with Crippen LogP contribution in [0.4, 0.5) is 10.1 Å². The van der Waals surface area contributed by atoms with Crippen molar-refractivity contribution in [2.24, 2.45) is 0 Å². The highest BCUT2D eigenvalue weighted by molar-refractivity contribution is 9.10. The quantitative estimate of drug-likeness (QED) is 0.931. The van der Waals surface area contributed by atoms with Crippen LogP contribution in [-0.4, -0.2) is 13.7 Å². The third kappa shape index (κ3) is 2.93. The molecule has 1 aromatic rings. The third-order valence-electron chi connectivity index (χ3n) is 1.83. The summed E-state index contributed by atoms with van der Waals surface area (Å²) in [6.45, 7) is 1.26. The minimum atomic E-state index is -3.76. The van der Waals surface area contributed by atoms with Gasteiger partial charge >= 0.3 is 0 Å². The van der Waals surface area contributed by atoms with Gasteiger partial charge in [0.25, 0.3) is 0 Å². The number of hydrogen-bond acceptors (Lipinski definition) is 3. The Kier molecular flexibility index (Phi) is 3.88.